The summed E-state index contributed by atoms with van der Waals surface area (Å²) < 4.78 is 8.80. The van der Waals surface area contributed by atoms with E-state index in [0.717, 1.165) is 30.5 Å². The number of anilines is 1. The molecule has 1 saturated heterocycles. The van der Waals surface area contributed by atoms with E-state index in [2.05, 4.69) is 15.6 Å². The highest BCUT2D eigenvalue weighted by Gasteiger charge is 2.36. The topological polar surface area (TPSA) is 127 Å². The van der Waals surface area contributed by atoms with Gasteiger partial charge in [0, 0.05) is 42.0 Å². The maximum atomic E-state index is 13.9. The second-order valence-electron chi connectivity index (χ2n) is 13.1. The molecule has 0 spiro atoms. The van der Waals surface area contributed by atoms with Gasteiger partial charge in [-0.3, -0.25) is 14.2 Å². The van der Waals surface area contributed by atoms with E-state index >= 15 is 0 Å². The molecule has 48 heavy (non-hydrogen) atoms. The highest BCUT2D eigenvalue weighted by molar-refractivity contribution is 6.31. The Bertz CT molecular complexity index is 1870. The lowest BCUT2D eigenvalue weighted by Gasteiger charge is -2.42. The van der Waals surface area contributed by atoms with Crippen LogP contribution in [0.1, 0.15) is 58.1 Å². The number of hydrogen-bond donors (Lipinski definition) is 1. The first-order valence-corrected chi connectivity index (χ1v) is 16.8. The summed E-state index contributed by atoms with van der Waals surface area (Å²) >= 11 is 12.4. The fraction of sp³-hybridized carbons (Fsp3) is 0.412. The third kappa shape index (κ3) is 7.50. The molecule has 1 fully saturated rings. The number of benzene rings is 2. The number of amides is 2. The van der Waals surface area contributed by atoms with Crippen LogP contribution in [0.5, 0.6) is 0 Å². The summed E-state index contributed by atoms with van der Waals surface area (Å²) in [5.74, 6) is -0.131. The zero-order chi connectivity index (χ0) is 34.0. The van der Waals surface area contributed by atoms with Gasteiger partial charge in [0.2, 0.25) is 5.91 Å². The van der Waals surface area contributed by atoms with E-state index in [4.69, 9.17) is 32.9 Å². The van der Waals surface area contributed by atoms with Gasteiger partial charge in [-0.05, 0) is 69.5 Å². The number of hydrogen-bond acceptors (Lipinski definition) is 8. The number of rotatable bonds is 3. The first-order valence-electron chi connectivity index (χ1n) is 16.1. The first-order chi connectivity index (χ1) is 23.0. The average Bonchev–Trinajstić information content (AvgIpc) is 3.49. The van der Waals surface area contributed by atoms with Crippen molar-refractivity contribution in [3.05, 3.63) is 87.1 Å². The third-order valence-electron chi connectivity index (χ3n) is 8.49. The molecule has 0 aliphatic carbocycles. The zero-order valence-electron chi connectivity index (χ0n) is 27.1. The third-order valence-corrected chi connectivity index (χ3v) is 8.90. The number of halogens is 2. The normalized spacial score (nSPS) is 19.0. The quantitative estimate of drug-likeness (QED) is 0.298. The van der Waals surface area contributed by atoms with E-state index in [1.54, 1.807) is 40.2 Å². The Morgan fingerprint density at radius 1 is 1.00 bits per heavy atom. The Hall–Kier alpha value is -4.42. The molecular formula is C34H38Cl2N8O4. The molecule has 6 rings (SSSR count). The summed E-state index contributed by atoms with van der Waals surface area (Å²) in [6.45, 7) is 7.05. The van der Waals surface area contributed by atoms with Gasteiger partial charge in [-0.1, -0.05) is 53.4 Å². The van der Waals surface area contributed by atoms with E-state index in [0.29, 0.717) is 48.0 Å². The lowest BCUT2D eigenvalue weighted by molar-refractivity contribution is -0.123. The summed E-state index contributed by atoms with van der Waals surface area (Å²) in [6.07, 6.45) is 5.91. The summed E-state index contributed by atoms with van der Waals surface area (Å²) in [7, 11) is 0. The molecule has 1 N–H and O–H groups in total. The smallest absolute Gasteiger partial charge is 0.410 e. The van der Waals surface area contributed by atoms with Crippen LogP contribution in [-0.4, -0.2) is 79.3 Å². The van der Waals surface area contributed by atoms with Crippen molar-refractivity contribution in [3.8, 4) is 16.9 Å². The minimum absolute atomic E-state index is 0.131. The van der Waals surface area contributed by atoms with Crippen molar-refractivity contribution >= 4 is 40.9 Å². The predicted octanol–water partition coefficient (Wildman–Crippen LogP) is 5.50. The first kappa shape index (κ1) is 33.5. The SMILES string of the molecule is CC(C)(C)OC(=O)N1CCN2c3cccc(c3)[C@@H](n3cnc(-c4cc(Cl)ccc4-n4cc(Cl)nn4)cc3=O)CCCCCNC(=O)[C@H]2C1. The van der Waals surface area contributed by atoms with Crippen molar-refractivity contribution in [1.29, 1.82) is 0 Å². The van der Waals surface area contributed by atoms with Crippen molar-refractivity contribution in [1.82, 2.24) is 34.8 Å². The van der Waals surface area contributed by atoms with Crippen molar-refractivity contribution < 1.29 is 14.3 Å². The number of piperazine rings is 1. The van der Waals surface area contributed by atoms with Crippen LogP contribution in [0.3, 0.4) is 0 Å². The standard InChI is InChI=1S/C34H38Cl2N8O4/c1-34(2,3)48-33(47)41-14-15-42-24-9-7-8-22(16-24)27(10-5-4-6-13-37-32(46)29(42)19-41)43-21-38-26(18-31(43)45)25-17-23(35)11-12-28(25)44-20-30(36)39-40-44/h7-9,11-12,16-18,20-21,27,29H,4-6,10,13-15,19H2,1-3H3,(H,37,46)/t27-,29+/m0/s1. The van der Waals surface area contributed by atoms with Crippen LogP contribution < -0.4 is 15.8 Å². The molecule has 4 aromatic rings. The second kappa shape index (κ2) is 14.0. The molecule has 2 aromatic carbocycles. The van der Waals surface area contributed by atoms with Crippen molar-refractivity contribution in [2.75, 3.05) is 31.1 Å². The van der Waals surface area contributed by atoms with Crippen LogP contribution in [0.4, 0.5) is 10.5 Å². The van der Waals surface area contributed by atoms with Crippen molar-refractivity contribution in [2.24, 2.45) is 0 Å². The molecule has 2 aromatic heterocycles. The fourth-order valence-electron chi connectivity index (χ4n) is 6.22. The molecule has 0 unspecified atom stereocenters. The second-order valence-corrected chi connectivity index (χ2v) is 13.9. The predicted molar refractivity (Wildman–Crippen MR) is 184 cm³/mol. The summed E-state index contributed by atoms with van der Waals surface area (Å²) in [4.78, 5) is 48.7. The molecule has 2 atom stereocenters. The minimum Gasteiger partial charge on any atom is -0.444 e. The van der Waals surface area contributed by atoms with Gasteiger partial charge >= 0.3 is 6.09 Å². The Morgan fingerprint density at radius 2 is 1.83 bits per heavy atom. The van der Waals surface area contributed by atoms with E-state index in [1.165, 1.54) is 10.7 Å². The monoisotopic (exact) mass is 692 g/mol. The van der Waals surface area contributed by atoms with E-state index < -0.39 is 17.7 Å². The molecule has 2 aliphatic rings. The lowest BCUT2D eigenvalue weighted by atomic mass is 9.98. The van der Waals surface area contributed by atoms with Gasteiger partial charge in [0.05, 0.1) is 36.5 Å². The largest absolute Gasteiger partial charge is 0.444 e. The molecule has 0 radical (unpaired) electrons. The van der Waals surface area contributed by atoms with Crippen LogP contribution in [-0.2, 0) is 9.53 Å². The summed E-state index contributed by atoms with van der Waals surface area (Å²) in [5.41, 5.74) is 2.59. The number of nitrogens with one attached hydrogen (secondary N) is 1. The van der Waals surface area contributed by atoms with Gasteiger partial charge in [-0.2, -0.15) is 0 Å². The number of aromatic nitrogens is 5. The lowest BCUT2D eigenvalue weighted by Crippen LogP contribution is -2.60. The van der Waals surface area contributed by atoms with Crippen LogP contribution in [0.25, 0.3) is 16.9 Å². The number of carbonyl (C=O) groups excluding carboxylic acids is 2. The number of fused-ring (bicyclic) bond motifs is 4. The van der Waals surface area contributed by atoms with Gasteiger partial charge in [0.15, 0.2) is 5.15 Å². The zero-order valence-corrected chi connectivity index (χ0v) is 28.6. The van der Waals surface area contributed by atoms with Crippen LogP contribution in [0, 0.1) is 0 Å². The molecule has 14 heteroatoms. The van der Waals surface area contributed by atoms with Crippen LogP contribution in [0.15, 0.2) is 65.8 Å². The number of nitrogens with zero attached hydrogens (tertiary/aromatic N) is 7. The maximum absolute atomic E-state index is 13.9. The Kier molecular flexibility index (Phi) is 9.75. The highest BCUT2D eigenvalue weighted by atomic mass is 35.5. The number of ether oxygens (including phenoxy) is 1. The molecular weight excluding hydrogens is 655 g/mol. The van der Waals surface area contributed by atoms with Gasteiger partial charge in [0.1, 0.15) is 11.6 Å². The average molecular weight is 694 g/mol. The molecule has 2 bridgehead atoms. The van der Waals surface area contributed by atoms with Crippen molar-refractivity contribution in [3.63, 3.8) is 0 Å². The molecule has 2 aliphatic heterocycles. The van der Waals surface area contributed by atoms with E-state index in [9.17, 15) is 14.4 Å². The van der Waals surface area contributed by atoms with Gasteiger partial charge < -0.3 is 19.9 Å². The van der Waals surface area contributed by atoms with E-state index in [-0.39, 0.29) is 29.2 Å². The molecule has 12 nitrogen and oxygen atoms in total. The Morgan fingerprint density at radius 3 is 2.58 bits per heavy atom. The Balaban J connectivity index is 1.33. The molecule has 0 saturated carbocycles. The van der Waals surface area contributed by atoms with Crippen LogP contribution in [0.2, 0.25) is 10.2 Å². The molecule has 252 valence electrons. The molecule has 4 heterocycles. The Labute approximate surface area is 288 Å². The van der Waals surface area contributed by atoms with E-state index in [1.807, 2.05) is 49.9 Å². The van der Waals surface area contributed by atoms with Crippen LogP contribution >= 0.6 is 23.2 Å². The van der Waals surface area contributed by atoms with Crippen molar-refractivity contribution in [2.45, 2.75) is 64.1 Å². The summed E-state index contributed by atoms with van der Waals surface area (Å²) in [5, 5.41) is 11.7. The van der Waals surface area contributed by atoms with Gasteiger partial charge in [-0.25, -0.2) is 14.5 Å². The van der Waals surface area contributed by atoms with Gasteiger partial charge in [0.25, 0.3) is 5.56 Å². The highest BCUT2D eigenvalue weighted by Crippen LogP contribution is 2.31. The summed E-state index contributed by atoms with van der Waals surface area (Å²) in [6, 6.07) is 13.8. The maximum Gasteiger partial charge on any atom is 0.410 e. The minimum atomic E-state index is -0.641. The fourth-order valence-corrected chi connectivity index (χ4v) is 6.52. The number of carbonyl (C=O) groups is 2. The molecule has 2 amide bonds. The van der Waals surface area contributed by atoms with Gasteiger partial charge in [-0.15, -0.1) is 5.10 Å².